The number of carbonyl (C=O) groups is 1. The molecule has 1 amide bonds. The van der Waals surface area contributed by atoms with E-state index < -0.39 is 47.9 Å². The van der Waals surface area contributed by atoms with Crippen molar-refractivity contribution in [3.05, 3.63) is 29.3 Å². The molecule has 47 heavy (non-hydrogen) atoms. The number of benzene rings is 1. The molecule has 1 aromatic carbocycles. The smallest absolute Gasteiger partial charge is 0.410 e. The predicted molar refractivity (Wildman–Crippen MR) is 170 cm³/mol. The molecule has 2 N–H and O–H groups in total. The maximum Gasteiger partial charge on any atom is 0.453 e. The molecule has 266 valence electrons. The summed E-state index contributed by atoms with van der Waals surface area (Å²) in [5, 5.41) is 20.5. The van der Waals surface area contributed by atoms with Gasteiger partial charge in [0.05, 0.1) is 12.2 Å². The summed E-state index contributed by atoms with van der Waals surface area (Å²) in [5.74, 6) is -2.83. The number of ether oxygens (including phenoxy) is 1. The Morgan fingerprint density at radius 3 is 2.55 bits per heavy atom. The van der Waals surface area contributed by atoms with E-state index in [-0.39, 0.29) is 35.0 Å². The average molecular weight is 692 g/mol. The molecule has 3 fully saturated rings. The van der Waals surface area contributed by atoms with E-state index in [0.717, 1.165) is 44.9 Å². The minimum atomic E-state index is -5.59. The van der Waals surface area contributed by atoms with Gasteiger partial charge in [-0.25, -0.2) is 4.79 Å². The lowest BCUT2D eigenvalue weighted by atomic mass is 9.52. The Morgan fingerprint density at radius 1 is 1.13 bits per heavy atom. The van der Waals surface area contributed by atoms with Gasteiger partial charge in [0.15, 0.2) is 0 Å². The highest BCUT2D eigenvalue weighted by molar-refractivity contribution is 7.85. The van der Waals surface area contributed by atoms with E-state index in [4.69, 9.17) is 4.74 Å². The average Bonchev–Trinajstić information content (AvgIpc) is 3.57. The molecule has 12 heteroatoms. The lowest BCUT2D eigenvalue weighted by Crippen LogP contribution is -2.47. The summed E-state index contributed by atoms with van der Waals surface area (Å²) < 4.78 is 82.6. The van der Waals surface area contributed by atoms with Gasteiger partial charge in [-0.05, 0) is 116 Å². The summed E-state index contributed by atoms with van der Waals surface area (Å²) in [7, 11) is -1.50. The minimum absolute atomic E-state index is 0.118. The van der Waals surface area contributed by atoms with E-state index in [1.807, 2.05) is 12.1 Å². The highest BCUT2D eigenvalue weighted by Gasteiger charge is 2.57. The van der Waals surface area contributed by atoms with Gasteiger partial charge in [-0.3, -0.25) is 4.21 Å². The van der Waals surface area contributed by atoms with Crippen molar-refractivity contribution in [3.63, 3.8) is 0 Å². The molecule has 1 saturated heterocycles. The van der Waals surface area contributed by atoms with Crippen LogP contribution >= 0.6 is 0 Å². The van der Waals surface area contributed by atoms with Crippen LogP contribution in [-0.4, -0.2) is 73.8 Å². The summed E-state index contributed by atoms with van der Waals surface area (Å²) in [6.07, 6.45) is -1.28. The maximum atomic E-state index is 13.3. The van der Waals surface area contributed by atoms with E-state index in [2.05, 4.69) is 19.9 Å². The summed E-state index contributed by atoms with van der Waals surface area (Å²) in [6.45, 7) is 6.82. The molecular weight excluding hydrogens is 641 g/mol. The van der Waals surface area contributed by atoms with Gasteiger partial charge in [0.2, 0.25) is 0 Å². The molecule has 0 bridgehead atoms. The summed E-state index contributed by atoms with van der Waals surface area (Å²) in [4.78, 5) is 14.3. The number of aliphatic hydroxyl groups excluding tert-OH is 2. The lowest BCUT2D eigenvalue weighted by molar-refractivity contribution is -0.284. The number of carbonyl (C=O) groups excluding carboxylic acids is 1. The molecule has 10 atom stereocenters. The molecule has 1 aliphatic heterocycles. The molecule has 4 unspecified atom stereocenters. The van der Waals surface area contributed by atoms with Crippen molar-refractivity contribution in [2.75, 3.05) is 18.8 Å². The van der Waals surface area contributed by atoms with Crippen LogP contribution in [0.4, 0.5) is 26.7 Å². The van der Waals surface area contributed by atoms with Gasteiger partial charge < -0.3 is 19.8 Å². The van der Waals surface area contributed by atoms with E-state index in [0.29, 0.717) is 48.8 Å². The largest absolute Gasteiger partial charge is 0.453 e. The third-order valence-electron chi connectivity index (χ3n) is 11.9. The maximum absolute atomic E-state index is 13.3. The third-order valence-corrected chi connectivity index (χ3v) is 13.7. The fourth-order valence-corrected chi connectivity index (χ4v) is 10.6. The van der Waals surface area contributed by atoms with E-state index >= 15 is 0 Å². The predicted octanol–water partition coefficient (Wildman–Crippen LogP) is 7.62. The zero-order valence-electron chi connectivity index (χ0n) is 27.6. The van der Waals surface area contributed by atoms with E-state index in [1.54, 1.807) is 6.92 Å². The number of hydrogen-bond acceptors (Lipinski definition) is 5. The summed E-state index contributed by atoms with van der Waals surface area (Å²) in [6, 6.07) is 5.95. The molecule has 0 radical (unpaired) electrons. The van der Waals surface area contributed by atoms with Crippen LogP contribution in [0.1, 0.15) is 102 Å². The zero-order chi connectivity index (χ0) is 34.3. The second-order valence-corrected chi connectivity index (χ2v) is 17.1. The highest BCUT2D eigenvalue weighted by Crippen LogP contribution is 2.63. The third kappa shape index (κ3) is 7.84. The van der Waals surface area contributed by atoms with Gasteiger partial charge in [0, 0.05) is 41.3 Å². The Labute approximate surface area is 277 Å². The lowest BCUT2D eigenvalue weighted by Gasteiger charge is -2.53. The number of amides is 1. The second kappa shape index (κ2) is 14.2. The van der Waals surface area contributed by atoms with Gasteiger partial charge in [0.25, 0.3) is 0 Å². The fraction of sp³-hybridized carbons (Fsp3) is 0.800. The van der Waals surface area contributed by atoms with Crippen LogP contribution in [-0.2, 0) is 17.2 Å². The van der Waals surface area contributed by atoms with E-state index in [1.165, 1.54) is 16.0 Å². The number of rotatable bonds is 11. The summed E-state index contributed by atoms with van der Waals surface area (Å²) in [5.41, 5.74) is 2.34. The Morgan fingerprint density at radius 2 is 1.87 bits per heavy atom. The van der Waals surface area contributed by atoms with Gasteiger partial charge in [-0.2, -0.15) is 22.0 Å². The first-order chi connectivity index (χ1) is 22.0. The number of nitrogens with zero attached hydrogens (tertiary/aromatic N) is 1. The van der Waals surface area contributed by atoms with Crippen molar-refractivity contribution in [2.24, 2.45) is 29.1 Å². The number of alkyl halides is 5. The normalized spacial score (nSPS) is 32.7. The van der Waals surface area contributed by atoms with Crippen LogP contribution in [0.15, 0.2) is 18.2 Å². The van der Waals surface area contributed by atoms with E-state index in [9.17, 15) is 41.2 Å². The first-order valence-corrected chi connectivity index (χ1v) is 18.7. The minimum Gasteiger partial charge on any atom is -0.410 e. The van der Waals surface area contributed by atoms with Gasteiger partial charge in [-0.1, -0.05) is 33.3 Å². The standard InChI is InChI=1S/C35H50F5NO5S/c1-21(17-22(2)47(45)16-4-13-34(36,37)35(38,39)40)5-6-23-18-24-19-26(46-32(44)41-15-12-25(42)20-41)7-8-27(24)28-11-14-33(3)29(31(23)28)9-10-30(33)43/h7-8,19,21-23,25,28-31,42-43H,4-6,9-18,20H2,1-3H3/t21?,22?,23-,25?,28-,29+,30+,31-,33+,47?/m1/s1. The van der Waals surface area contributed by atoms with Crippen molar-refractivity contribution < 1.29 is 45.9 Å². The molecule has 5 rings (SSSR count). The first-order valence-electron chi connectivity index (χ1n) is 17.3. The van der Waals surface area contributed by atoms with Crippen molar-refractivity contribution in [2.45, 2.75) is 127 Å². The van der Waals surface area contributed by atoms with Gasteiger partial charge in [-0.15, -0.1) is 0 Å². The van der Waals surface area contributed by atoms with Crippen molar-refractivity contribution >= 4 is 16.9 Å². The SMILES string of the molecule is CC(CC[C@@H]1Cc2cc(OC(=O)N3CCC(O)C3)ccc2[C@H]2CC[C@]3(C)[C@@H](O)CC[C@H]3[C@H]12)CC(C)S(=O)CCCC(F)(F)C(F)(F)F. The Balaban J connectivity index is 1.24. The van der Waals surface area contributed by atoms with Crippen LogP contribution < -0.4 is 4.74 Å². The van der Waals surface area contributed by atoms with Crippen LogP contribution in [0.3, 0.4) is 0 Å². The van der Waals surface area contributed by atoms with Crippen LogP contribution in [0, 0.1) is 29.1 Å². The van der Waals surface area contributed by atoms with Crippen LogP contribution in [0.25, 0.3) is 0 Å². The number of likely N-dealkylation sites (tertiary alicyclic amines) is 1. The Hall–Kier alpha value is -1.79. The molecular formula is C35H50F5NO5S. The number of β-amino-alcohol motifs (C(OH)–C–C–N with tert-alkyl or cyclic N) is 1. The Kier molecular flexibility index (Phi) is 11.0. The molecule has 1 heterocycles. The number of hydrogen-bond donors (Lipinski definition) is 2. The molecule has 0 aromatic heterocycles. The molecule has 2 saturated carbocycles. The van der Waals surface area contributed by atoms with Crippen LogP contribution in [0.5, 0.6) is 5.75 Å². The Bertz CT molecular complexity index is 1300. The number of fused-ring (bicyclic) bond motifs is 5. The second-order valence-electron chi connectivity index (χ2n) is 15.1. The highest BCUT2D eigenvalue weighted by atomic mass is 32.2. The zero-order valence-corrected chi connectivity index (χ0v) is 28.4. The quantitative estimate of drug-likeness (QED) is 0.233. The van der Waals surface area contributed by atoms with Crippen molar-refractivity contribution in [3.8, 4) is 5.75 Å². The molecule has 3 aliphatic carbocycles. The van der Waals surface area contributed by atoms with Crippen molar-refractivity contribution in [1.82, 2.24) is 4.90 Å². The molecule has 6 nitrogen and oxygen atoms in total. The number of halogens is 5. The molecule has 1 aromatic rings. The molecule has 4 aliphatic rings. The van der Waals surface area contributed by atoms with Crippen molar-refractivity contribution in [1.29, 1.82) is 0 Å². The van der Waals surface area contributed by atoms with Gasteiger partial charge >= 0.3 is 18.2 Å². The number of aliphatic hydroxyl groups is 2. The van der Waals surface area contributed by atoms with Gasteiger partial charge in [0.1, 0.15) is 5.75 Å². The monoisotopic (exact) mass is 691 g/mol. The van der Waals surface area contributed by atoms with Crippen LogP contribution in [0.2, 0.25) is 0 Å². The topological polar surface area (TPSA) is 87.1 Å². The molecule has 0 spiro atoms. The fourth-order valence-electron chi connectivity index (χ4n) is 9.23. The summed E-state index contributed by atoms with van der Waals surface area (Å²) >= 11 is 0. The first kappa shape index (κ1) is 36.5.